The molecule has 0 aliphatic rings. The molecule has 0 saturated carbocycles. The number of esters is 1. The summed E-state index contributed by atoms with van der Waals surface area (Å²) in [5.41, 5.74) is -0.197. The van der Waals surface area contributed by atoms with Gasteiger partial charge in [-0.25, -0.2) is 13.2 Å². The maximum absolute atomic E-state index is 12.5. The number of nitrogens with zero attached hydrogens (tertiary/aromatic N) is 3. The number of carbonyl (C=O) groups is 1. The molecule has 0 saturated heterocycles. The minimum Gasteiger partial charge on any atom is -0.439 e. The van der Waals surface area contributed by atoms with Gasteiger partial charge in [0.2, 0.25) is 9.84 Å². The molecule has 1 aromatic heterocycles. The first-order chi connectivity index (χ1) is 12.8. The van der Waals surface area contributed by atoms with Gasteiger partial charge in [0.25, 0.3) is 5.56 Å². The molecule has 0 atom stereocenters. The van der Waals surface area contributed by atoms with E-state index in [1.807, 2.05) is 0 Å². The lowest BCUT2D eigenvalue weighted by Crippen LogP contribution is -2.26. The molecule has 11 heteroatoms. The fourth-order valence-corrected chi connectivity index (χ4v) is 2.92. The maximum atomic E-state index is 12.5. The first-order valence-corrected chi connectivity index (χ1v) is 8.97. The third kappa shape index (κ3) is 3.67. The average Bonchev–Trinajstić information content (AvgIpc) is 2.67. The Morgan fingerprint density at radius 3 is 2.44 bits per heavy atom. The molecule has 0 bridgehead atoms. The minimum atomic E-state index is -4.75. The van der Waals surface area contributed by atoms with E-state index in [0.717, 1.165) is 28.9 Å². The van der Waals surface area contributed by atoms with Gasteiger partial charge in [0, 0.05) is 0 Å². The highest BCUT2D eigenvalue weighted by molar-refractivity contribution is 7.91. The second kappa shape index (κ2) is 7.19. The summed E-state index contributed by atoms with van der Waals surface area (Å²) in [5.74, 6) is -4.45. The Hall–Kier alpha value is -3.21. The molecule has 27 heavy (non-hydrogen) atoms. The van der Waals surface area contributed by atoms with Gasteiger partial charge in [-0.1, -0.05) is 17.3 Å². The second-order valence-electron chi connectivity index (χ2n) is 5.30. The van der Waals surface area contributed by atoms with Crippen LogP contribution in [0.2, 0.25) is 0 Å². The molecule has 0 radical (unpaired) electrons. The van der Waals surface area contributed by atoms with Crippen molar-refractivity contribution in [3.05, 3.63) is 64.4 Å². The van der Waals surface area contributed by atoms with Crippen molar-refractivity contribution in [1.82, 2.24) is 15.0 Å². The molecule has 3 rings (SSSR count). The van der Waals surface area contributed by atoms with E-state index in [0.29, 0.717) is 10.9 Å². The third-order valence-corrected chi connectivity index (χ3v) is 5.00. The van der Waals surface area contributed by atoms with Crippen molar-refractivity contribution in [3.63, 3.8) is 0 Å². The molecule has 0 unspecified atom stereocenters. The quantitative estimate of drug-likeness (QED) is 0.604. The lowest BCUT2D eigenvalue weighted by molar-refractivity contribution is 0.0336. The van der Waals surface area contributed by atoms with Gasteiger partial charge in [0.15, 0.2) is 6.73 Å². The summed E-state index contributed by atoms with van der Waals surface area (Å²) in [6, 6.07) is 10.3. The summed E-state index contributed by atoms with van der Waals surface area (Å²) >= 11 is 0. The summed E-state index contributed by atoms with van der Waals surface area (Å²) in [6.45, 7) is -0.521. The molecule has 0 spiro atoms. The van der Waals surface area contributed by atoms with Crippen LogP contribution >= 0.6 is 0 Å². The summed E-state index contributed by atoms with van der Waals surface area (Å²) in [6.07, 6.45) is 0. The molecule has 2 aromatic carbocycles. The Bertz CT molecular complexity index is 1160. The van der Waals surface area contributed by atoms with E-state index < -0.39 is 38.7 Å². The number of fused-ring (bicyclic) bond motifs is 1. The van der Waals surface area contributed by atoms with E-state index >= 15 is 0 Å². The zero-order valence-corrected chi connectivity index (χ0v) is 14.3. The van der Waals surface area contributed by atoms with Gasteiger partial charge in [0.1, 0.15) is 5.52 Å². The first-order valence-electron chi connectivity index (χ1n) is 7.42. The highest BCUT2D eigenvalue weighted by Gasteiger charge is 2.26. The predicted octanol–water partition coefficient (Wildman–Crippen LogP) is 1.60. The van der Waals surface area contributed by atoms with Crippen LogP contribution in [0.25, 0.3) is 10.9 Å². The molecule has 0 fully saturated rings. The number of rotatable bonds is 5. The van der Waals surface area contributed by atoms with Crippen molar-refractivity contribution in [3.8, 4) is 0 Å². The molecule has 140 valence electrons. The van der Waals surface area contributed by atoms with E-state index in [4.69, 9.17) is 4.74 Å². The van der Waals surface area contributed by atoms with E-state index in [1.54, 1.807) is 24.3 Å². The number of ether oxygens (including phenoxy) is 1. The minimum absolute atomic E-state index is 0.0787. The maximum Gasteiger partial charge on any atom is 0.341 e. The van der Waals surface area contributed by atoms with E-state index in [-0.39, 0.29) is 5.56 Å². The fourth-order valence-electron chi connectivity index (χ4n) is 2.19. The molecular weight excluding hydrogens is 384 g/mol. The normalized spacial score (nSPS) is 11.7. The molecule has 0 N–H and O–H groups in total. The number of hydrogen-bond donors (Lipinski definition) is 0. The molecule has 0 aliphatic carbocycles. The van der Waals surface area contributed by atoms with Crippen LogP contribution in [-0.4, -0.2) is 35.1 Å². The molecular formula is C16H11F2N3O5S. The molecule has 1 heterocycles. The number of halogens is 2. The number of sulfone groups is 1. The lowest BCUT2D eigenvalue weighted by atomic mass is 10.2. The van der Waals surface area contributed by atoms with Crippen LogP contribution in [0.5, 0.6) is 0 Å². The Morgan fingerprint density at radius 1 is 1.11 bits per heavy atom. The number of benzene rings is 2. The van der Waals surface area contributed by atoms with Crippen LogP contribution in [0, 0.1) is 0 Å². The van der Waals surface area contributed by atoms with Gasteiger partial charge in [-0.15, -0.1) is 5.10 Å². The summed E-state index contributed by atoms with van der Waals surface area (Å²) in [7, 11) is -4.75. The van der Waals surface area contributed by atoms with Gasteiger partial charge in [-0.05, 0) is 36.4 Å². The summed E-state index contributed by atoms with van der Waals surface area (Å²) in [4.78, 5) is 23.6. The van der Waals surface area contributed by atoms with Crippen LogP contribution < -0.4 is 5.56 Å². The van der Waals surface area contributed by atoms with Gasteiger partial charge in [-0.3, -0.25) is 4.79 Å². The van der Waals surface area contributed by atoms with Gasteiger partial charge < -0.3 is 4.74 Å². The molecule has 8 nitrogen and oxygen atoms in total. The number of hydrogen-bond acceptors (Lipinski definition) is 7. The van der Waals surface area contributed by atoms with Crippen molar-refractivity contribution in [1.29, 1.82) is 0 Å². The van der Waals surface area contributed by atoms with E-state index in [9.17, 15) is 26.8 Å². The van der Waals surface area contributed by atoms with Crippen molar-refractivity contribution >= 4 is 26.7 Å². The van der Waals surface area contributed by atoms with Crippen molar-refractivity contribution in [2.75, 3.05) is 0 Å². The van der Waals surface area contributed by atoms with Crippen LogP contribution in [-0.2, 0) is 21.3 Å². The predicted molar refractivity (Wildman–Crippen MR) is 88.8 cm³/mol. The van der Waals surface area contributed by atoms with Gasteiger partial charge in [-0.2, -0.15) is 13.5 Å². The van der Waals surface area contributed by atoms with Crippen LogP contribution in [0.3, 0.4) is 0 Å². The topological polar surface area (TPSA) is 108 Å². The van der Waals surface area contributed by atoms with Crippen molar-refractivity contribution in [2.24, 2.45) is 0 Å². The first kappa shape index (κ1) is 18.6. The highest BCUT2D eigenvalue weighted by atomic mass is 32.2. The Kier molecular flexibility index (Phi) is 4.95. The Labute approximate surface area is 150 Å². The number of carbonyl (C=O) groups excluding carboxylic acids is 1. The summed E-state index contributed by atoms with van der Waals surface area (Å²) in [5, 5.41) is 7.78. The average molecular weight is 395 g/mol. The second-order valence-corrected chi connectivity index (χ2v) is 7.22. The highest BCUT2D eigenvalue weighted by Crippen LogP contribution is 2.19. The standard InChI is InChI=1S/C16H11F2N3O5S/c17-16(18)27(24,25)11-7-5-10(6-8-11)15(23)26-9-21-14(22)12-3-1-2-4-13(12)19-20-21/h1-8,16H,9H2. The Balaban J connectivity index is 1.75. The SMILES string of the molecule is O=C(OCn1nnc2ccccc2c1=O)c1ccc(S(=O)(=O)C(F)F)cc1. The van der Waals surface area contributed by atoms with E-state index in [2.05, 4.69) is 10.3 Å². The Morgan fingerprint density at radius 2 is 1.78 bits per heavy atom. The van der Waals surface area contributed by atoms with Crippen LogP contribution in [0.15, 0.2) is 58.2 Å². The monoisotopic (exact) mass is 395 g/mol. The third-order valence-electron chi connectivity index (χ3n) is 3.60. The van der Waals surface area contributed by atoms with Crippen LogP contribution in [0.1, 0.15) is 10.4 Å². The van der Waals surface area contributed by atoms with E-state index in [1.165, 1.54) is 0 Å². The van der Waals surface area contributed by atoms with Crippen LogP contribution in [0.4, 0.5) is 8.78 Å². The van der Waals surface area contributed by atoms with Gasteiger partial charge in [0.05, 0.1) is 15.8 Å². The fraction of sp³-hybridized carbons (Fsp3) is 0.125. The van der Waals surface area contributed by atoms with Gasteiger partial charge >= 0.3 is 11.7 Å². The number of aromatic nitrogens is 3. The molecule has 0 amide bonds. The smallest absolute Gasteiger partial charge is 0.341 e. The van der Waals surface area contributed by atoms with Crippen molar-refractivity contribution in [2.45, 2.75) is 17.4 Å². The lowest BCUT2D eigenvalue weighted by Gasteiger charge is -2.07. The largest absolute Gasteiger partial charge is 0.439 e. The molecule has 3 aromatic rings. The zero-order valence-electron chi connectivity index (χ0n) is 13.5. The molecule has 0 aliphatic heterocycles. The summed E-state index contributed by atoms with van der Waals surface area (Å²) < 4.78 is 53.5. The number of alkyl halides is 2. The van der Waals surface area contributed by atoms with Crippen molar-refractivity contribution < 1.29 is 26.7 Å². The zero-order chi connectivity index (χ0) is 19.6.